The van der Waals surface area contributed by atoms with Gasteiger partial charge in [0.05, 0.1) is 27.4 Å². The van der Waals surface area contributed by atoms with Crippen LogP contribution in [0.1, 0.15) is 49.8 Å². The molecule has 310 valence electrons. The molecule has 3 unspecified atom stereocenters. The van der Waals surface area contributed by atoms with Crippen molar-refractivity contribution in [3.05, 3.63) is 182 Å². The minimum atomic E-state index is -1.34. The lowest BCUT2D eigenvalue weighted by Crippen LogP contribution is -2.56. The molecule has 2 heterocycles. The number of carbonyl (C=O) groups is 4. The number of nitriles is 1. The average molecular weight is 870 g/mol. The summed E-state index contributed by atoms with van der Waals surface area (Å²) in [6.07, 6.45) is -1.07. The summed E-state index contributed by atoms with van der Waals surface area (Å²) in [5, 5.41) is 25.8. The molecule has 0 bridgehead atoms. The van der Waals surface area contributed by atoms with Crippen molar-refractivity contribution in [2.75, 3.05) is 5.32 Å². The van der Waals surface area contributed by atoms with E-state index in [0.29, 0.717) is 55.0 Å². The monoisotopic (exact) mass is 868 g/mol. The number of aliphatic carboxylic acids is 1. The molecule has 6 aromatic carbocycles. The van der Waals surface area contributed by atoms with E-state index in [1.165, 1.54) is 17.0 Å². The molecule has 0 spiro atoms. The minimum Gasteiger partial charge on any atom is -0.489 e. The average Bonchev–Trinajstić information content (AvgIpc) is 3.28. The Morgan fingerprint density at radius 1 is 0.871 bits per heavy atom. The number of carboxylic acids is 1. The van der Waals surface area contributed by atoms with Crippen molar-refractivity contribution in [1.82, 2.24) is 10.2 Å². The first kappa shape index (κ1) is 41.5. The fourth-order valence-electron chi connectivity index (χ4n) is 7.42. The lowest BCUT2D eigenvalue weighted by molar-refractivity contribution is -0.142. The largest absolute Gasteiger partial charge is 0.489 e. The number of amides is 3. The summed E-state index contributed by atoms with van der Waals surface area (Å²) in [7, 11) is 0. The van der Waals surface area contributed by atoms with Gasteiger partial charge in [-0.25, -0.2) is 9.18 Å². The molecule has 0 aromatic heterocycles. The number of anilines is 1. The molecule has 0 fully saturated rings. The second-order valence-corrected chi connectivity index (χ2v) is 15.7. The van der Waals surface area contributed by atoms with E-state index in [1.807, 2.05) is 30.3 Å². The lowest BCUT2D eigenvalue weighted by atomic mass is 9.91. The highest BCUT2D eigenvalue weighted by Gasteiger charge is 2.39. The molecule has 0 aliphatic carbocycles. The van der Waals surface area contributed by atoms with Crippen LogP contribution in [-0.4, -0.2) is 45.8 Å². The van der Waals surface area contributed by atoms with Gasteiger partial charge in [-0.3, -0.25) is 14.4 Å². The lowest BCUT2D eigenvalue weighted by Gasteiger charge is -2.37. The first-order valence-electron chi connectivity index (χ1n) is 19.4. The van der Waals surface area contributed by atoms with Gasteiger partial charge in [-0.15, -0.1) is 0 Å². The third-order valence-corrected chi connectivity index (χ3v) is 11.5. The van der Waals surface area contributed by atoms with E-state index in [1.54, 1.807) is 72.8 Å². The molecule has 0 saturated heterocycles. The molecule has 2 aliphatic rings. The number of halogens is 3. The van der Waals surface area contributed by atoms with Crippen LogP contribution >= 0.6 is 23.2 Å². The number of rotatable bonds is 11. The maximum Gasteiger partial charge on any atom is 0.326 e. The predicted octanol–water partition coefficient (Wildman–Crippen LogP) is 8.70. The normalized spacial score (nSPS) is 15.8. The van der Waals surface area contributed by atoms with Gasteiger partial charge in [-0.2, -0.15) is 5.26 Å². The molecule has 11 nitrogen and oxygen atoms in total. The molecule has 3 atom stereocenters. The number of nitrogens with zero attached hydrogens (tertiary/aromatic N) is 2. The zero-order valence-corrected chi connectivity index (χ0v) is 34.1. The Balaban J connectivity index is 0.999. The number of fused-ring (bicyclic) bond motifs is 2. The minimum absolute atomic E-state index is 0.0179. The van der Waals surface area contributed by atoms with E-state index in [2.05, 4.69) is 16.7 Å². The van der Waals surface area contributed by atoms with Gasteiger partial charge in [0.1, 0.15) is 36.0 Å². The van der Waals surface area contributed by atoms with Crippen LogP contribution in [0.4, 0.5) is 10.1 Å². The second kappa shape index (κ2) is 17.8. The van der Waals surface area contributed by atoms with Crippen LogP contribution in [0.15, 0.2) is 127 Å². The number of carbonyl (C=O) groups excluding carboxylic acids is 3. The summed E-state index contributed by atoms with van der Waals surface area (Å²) in [6.45, 7) is 0.175. The predicted molar refractivity (Wildman–Crippen MR) is 229 cm³/mol. The van der Waals surface area contributed by atoms with Gasteiger partial charge in [-0.1, -0.05) is 77.8 Å². The molecule has 8 rings (SSSR count). The van der Waals surface area contributed by atoms with Crippen molar-refractivity contribution in [2.24, 2.45) is 0 Å². The van der Waals surface area contributed by atoms with Crippen LogP contribution in [0.5, 0.6) is 11.5 Å². The van der Waals surface area contributed by atoms with E-state index in [-0.39, 0.29) is 31.6 Å². The summed E-state index contributed by atoms with van der Waals surface area (Å²) in [6, 6.07) is 34.3. The highest BCUT2D eigenvalue weighted by Crippen LogP contribution is 2.40. The van der Waals surface area contributed by atoms with Crippen molar-refractivity contribution in [2.45, 2.75) is 44.2 Å². The molecule has 3 amide bonds. The quantitative estimate of drug-likeness (QED) is 0.117. The number of ether oxygens (including phenoxy) is 2. The van der Waals surface area contributed by atoms with E-state index >= 15 is 0 Å². The molecule has 14 heteroatoms. The number of carboxylic acid groups (broad SMARTS) is 1. The molecule has 0 saturated carbocycles. The smallest absolute Gasteiger partial charge is 0.326 e. The summed E-state index contributed by atoms with van der Waals surface area (Å²) in [5.74, 6) is -2.59. The molecule has 6 aromatic rings. The van der Waals surface area contributed by atoms with Gasteiger partial charge >= 0.3 is 5.97 Å². The maximum absolute atomic E-state index is 14.1. The van der Waals surface area contributed by atoms with Gasteiger partial charge < -0.3 is 30.1 Å². The van der Waals surface area contributed by atoms with Gasteiger partial charge in [0.15, 0.2) is 0 Å². The third kappa shape index (κ3) is 9.10. The number of nitrogens with one attached hydrogen (secondary N) is 2. The zero-order valence-electron chi connectivity index (χ0n) is 32.6. The van der Waals surface area contributed by atoms with Crippen LogP contribution in [-0.2, 0) is 40.4 Å². The Kier molecular flexibility index (Phi) is 11.9. The Morgan fingerprint density at radius 3 is 2.21 bits per heavy atom. The Morgan fingerprint density at radius 2 is 1.55 bits per heavy atom. The van der Waals surface area contributed by atoms with Crippen LogP contribution in [0.2, 0.25) is 10.0 Å². The molecular weight excluding hydrogens is 834 g/mol. The van der Waals surface area contributed by atoms with Crippen LogP contribution in [0.3, 0.4) is 0 Å². The number of hydrogen-bond acceptors (Lipinski definition) is 7. The highest BCUT2D eigenvalue weighted by atomic mass is 35.5. The Labute approximate surface area is 365 Å². The maximum atomic E-state index is 14.1. The van der Waals surface area contributed by atoms with Crippen molar-refractivity contribution in [3.8, 4) is 28.7 Å². The van der Waals surface area contributed by atoms with Gasteiger partial charge in [0.25, 0.3) is 11.8 Å². The number of benzene rings is 6. The van der Waals surface area contributed by atoms with E-state index in [9.17, 15) is 28.7 Å². The summed E-state index contributed by atoms with van der Waals surface area (Å²) in [4.78, 5) is 55.5. The molecule has 62 heavy (non-hydrogen) atoms. The standard InChI is InChI=1S/C48H35Cl2FN4O7/c49-38-18-5-29(19-39(38)50)26-61-37-16-12-32(13-17-37)44-46(57)53-40-21-34-22-42(55(25-35(34)23-43(40)62-44)47(58)33-10-14-36(51)15-11-33)45(56)54-41(48(59)60)20-27-1-6-30(7-2-27)31-8-3-28(24-52)4-9-31/h1-19,21,23,41-42,44H,20,22,25-26H2,(H,53,57)(H,54,56)(H,59,60). The van der Waals surface area contributed by atoms with Gasteiger partial charge in [0, 0.05) is 30.5 Å². The first-order chi connectivity index (χ1) is 29.9. The van der Waals surface area contributed by atoms with Gasteiger partial charge in [-0.05, 0) is 106 Å². The molecule has 2 aliphatic heterocycles. The summed E-state index contributed by atoms with van der Waals surface area (Å²) >= 11 is 12.1. The second-order valence-electron chi connectivity index (χ2n) is 14.9. The van der Waals surface area contributed by atoms with Crippen molar-refractivity contribution in [1.29, 1.82) is 5.26 Å². The number of hydrogen-bond donors (Lipinski definition) is 3. The molecular formula is C48H35Cl2FN4O7. The highest BCUT2D eigenvalue weighted by molar-refractivity contribution is 6.42. The fourth-order valence-corrected chi connectivity index (χ4v) is 7.75. The van der Waals surface area contributed by atoms with Crippen molar-refractivity contribution >= 4 is 52.6 Å². The van der Waals surface area contributed by atoms with E-state index in [4.69, 9.17) is 37.9 Å². The fraction of sp³-hybridized carbons (Fsp3) is 0.146. The molecule has 0 radical (unpaired) electrons. The van der Waals surface area contributed by atoms with E-state index in [0.717, 1.165) is 28.8 Å². The SMILES string of the molecule is N#Cc1ccc(-c2ccc(CC(NC(=O)C3Cc4cc5c(cc4CN3C(=O)c3ccc(F)cc3)OC(c3ccc(OCc4ccc(Cl)c(Cl)c4)cc3)C(=O)N5)C(=O)O)cc2)cc1. The first-order valence-corrected chi connectivity index (χ1v) is 20.2. The van der Waals surface area contributed by atoms with Gasteiger partial charge in [0.2, 0.25) is 12.0 Å². The van der Waals surface area contributed by atoms with Crippen LogP contribution < -0.4 is 20.1 Å². The third-order valence-electron chi connectivity index (χ3n) is 10.8. The summed E-state index contributed by atoms with van der Waals surface area (Å²) in [5.41, 5.74) is 6.10. The van der Waals surface area contributed by atoms with Crippen LogP contribution in [0.25, 0.3) is 11.1 Å². The van der Waals surface area contributed by atoms with Crippen LogP contribution in [0, 0.1) is 17.1 Å². The Bertz CT molecular complexity index is 2740. The zero-order chi connectivity index (χ0) is 43.5. The topological polar surface area (TPSA) is 158 Å². The molecule has 3 N–H and O–H groups in total. The van der Waals surface area contributed by atoms with Crippen molar-refractivity contribution in [3.63, 3.8) is 0 Å². The summed E-state index contributed by atoms with van der Waals surface area (Å²) < 4.78 is 26.0. The van der Waals surface area contributed by atoms with Crippen molar-refractivity contribution < 1.29 is 38.1 Å². The Hall–Kier alpha value is -7.20. The van der Waals surface area contributed by atoms with E-state index < -0.39 is 47.7 Å².